The summed E-state index contributed by atoms with van der Waals surface area (Å²) in [6.07, 6.45) is 0. The van der Waals surface area contributed by atoms with E-state index in [1.807, 2.05) is 24.3 Å². The fourth-order valence-electron chi connectivity index (χ4n) is 1.87. The van der Waals surface area contributed by atoms with Crippen LogP contribution in [0.2, 0.25) is 0 Å². The topological polar surface area (TPSA) is 91.6 Å². The Morgan fingerprint density at radius 2 is 1.90 bits per heavy atom. The SMILES string of the molecule is CNS(=O)(=O)c1ccc(CNCc2cccc(CO)c2)o1. The van der Waals surface area contributed by atoms with E-state index < -0.39 is 10.0 Å². The summed E-state index contributed by atoms with van der Waals surface area (Å²) >= 11 is 0. The zero-order valence-electron chi connectivity index (χ0n) is 11.7. The Balaban J connectivity index is 1.92. The number of rotatable bonds is 7. The van der Waals surface area contributed by atoms with Gasteiger partial charge in [-0.2, -0.15) is 0 Å². The predicted molar refractivity (Wildman–Crippen MR) is 77.9 cm³/mol. The number of aliphatic hydroxyl groups is 1. The Bertz CT molecular complexity index is 695. The number of aliphatic hydroxyl groups excluding tert-OH is 1. The highest BCUT2D eigenvalue weighted by molar-refractivity contribution is 7.89. The molecule has 2 rings (SSSR count). The average Bonchev–Trinajstić information content (AvgIpc) is 2.97. The highest BCUT2D eigenvalue weighted by atomic mass is 32.2. The highest BCUT2D eigenvalue weighted by Crippen LogP contribution is 2.13. The van der Waals surface area contributed by atoms with Crippen molar-refractivity contribution >= 4 is 10.0 Å². The van der Waals surface area contributed by atoms with E-state index >= 15 is 0 Å². The molecule has 3 N–H and O–H groups in total. The lowest BCUT2D eigenvalue weighted by Crippen LogP contribution is -2.17. The zero-order valence-corrected chi connectivity index (χ0v) is 12.5. The van der Waals surface area contributed by atoms with Gasteiger partial charge in [-0.15, -0.1) is 0 Å². The molecular formula is C14H18N2O4S. The molecule has 114 valence electrons. The van der Waals surface area contributed by atoms with Gasteiger partial charge >= 0.3 is 0 Å². The van der Waals surface area contributed by atoms with Crippen molar-refractivity contribution < 1.29 is 17.9 Å². The van der Waals surface area contributed by atoms with Crippen molar-refractivity contribution in [3.8, 4) is 0 Å². The number of furan rings is 1. The van der Waals surface area contributed by atoms with Crippen molar-refractivity contribution in [3.63, 3.8) is 0 Å². The van der Waals surface area contributed by atoms with Crippen molar-refractivity contribution in [2.45, 2.75) is 24.8 Å². The van der Waals surface area contributed by atoms with Gasteiger partial charge in [-0.1, -0.05) is 24.3 Å². The predicted octanol–water partition coefficient (Wildman–Crippen LogP) is 0.970. The molecule has 0 aliphatic rings. The summed E-state index contributed by atoms with van der Waals surface area (Å²) in [5.41, 5.74) is 1.89. The van der Waals surface area contributed by atoms with E-state index in [1.165, 1.54) is 13.1 Å². The molecule has 1 heterocycles. The maximum atomic E-state index is 11.5. The second-order valence-electron chi connectivity index (χ2n) is 4.51. The Morgan fingerprint density at radius 1 is 1.14 bits per heavy atom. The van der Waals surface area contributed by atoms with Crippen LogP contribution in [0.4, 0.5) is 0 Å². The first kappa shape index (κ1) is 15.7. The maximum absolute atomic E-state index is 11.5. The van der Waals surface area contributed by atoms with Crippen LogP contribution < -0.4 is 10.0 Å². The van der Waals surface area contributed by atoms with E-state index in [1.54, 1.807) is 6.07 Å². The molecule has 0 aliphatic heterocycles. The molecule has 0 saturated carbocycles. The summed E-state index contributed by atoms with van der Waals surface area (Å²) in [6.45, 7) is 1.03. The molecule has 0 bridgehead atoms. The van der Waals surface area contributed by atoms with Crippen molar-refractivity contribution in [2.24, 2.45) is 0 Å². The monoisotopic (exact) mass is 310 g/mol. The first-order chi connectivity index (χ1) is 10.0. The van der Waals surface area contributed by atoms with E-state index in [9.17, 15) is 8.42 Å². The Kier molecular flexibility index (Phi) is 5.13. The average molecular weight is 310 g/mol. The van der Waals surface area contributed by atoms with Gasteiger partial charge in [0.2, 0.25) is 5.09 Å². The number of sulfonamides is 1. The molecule has 0 radical (unpaired) electrons. The molecule has 0 spiro atoms. The molecule has 0 aliphatic carbocycles. The summed E-state index contributed by atoms with van der Waals surface area (Å²) < 4.78 is 30.5. The van der Waals surface area contributed by atoms with Crippen LogP contribution in [-0.2, 0) is 29.7 Å². The molecule has 0 atom stereocenters. The second-order valence-corrected chi connectivity index (χ2v) is 6.33. The summed E-state index contributed by atoms with van der Waals surface area (Å²) in [4.78, 5) is 0. The van der Waals surface area contributed by atoms with Crippen LogP contribution in [0.25, 0.3) is 0 Å². The van der Waals surface area contributed by atoms with Crippen LogP contribution in [0.5, 0.6) is 0 Å². The summed E-state index contributed by atoms with van der Waals surface area (Å²) in [7, 11) is -2.20. The van der Waals surface area contributed by atoms with E-state index in [4.69, 9.17) is 9.52 Å². The largest absolute Gasteiger partial charge is 0.447 e. The summed E-state index contributed by atoms with van der Waals surface area (Å²) in [5, 5.41) is 12.1. The molecule has 1 aromatic carbocycles. The van der Waals surface area contributed by atoms with E-state index in [0.717, 1.165) is 11.1 Å². The number of nitrogens with one attached hydrogen (secondary N) is 2. The molecule has 21 heavy (non-hydrogen) atoms. The first-order valence-electron chi connectivity index (χ1n) is 6.47. The lowest BCUT2D eigenvalue weighted by atomic mass is 10.1. The molecule has 0 fully saturated rings. The Labute approximate surface area is 123 Å². The lowest BCUT2D eigenvalue weighted by Gasteiger charge is -2.05. The fraction of sp³-hybridized carbons (Fsp3) is 0.286. The first-order valence-corrected chi connectivity index (χ1v) is 7.95. The maximum Gasteiger partial charge on any atom is 0.273 e. The minimum Gasteiger partial charge on any atom is -0.447 e. The van der Waals surface area contributed by atoms with Gasteiger partial charge in [-0.05, 0) is 30.3 Å². The third-order valence-corrected chi connectivity index (χ3v) is 4.26. The van der Waals surface area contributed by atoms with Crippen molar-refractivity contribution in [1.82, 2.24) is 10.0 Å². The number of hydrogen-bond donors (Lipinski definition) is 3. The van der Waals surface area contributed by atoms with Gasteiger partial charge in [-0.25, -0.2) is 13.1 Å². The van der Waals surface area contributed by atoms with Gasteiger partial charge in [0, 0.05) is 6.54 Å². The van der Waals surface area contributed by atoms with Crippen molar-refractivity contribution in [2.75, 3.05) is 7.05 Å². The molecule has 0 amide bonds. The van der Waals surface area contributed by atoms with E-state index in [-0.39, 0.29) is 11.7 Å². The van der Waals surface area contributed by atoms with Crippen LogP contribution in [0.3, 0.4) is 0 Å². The van der Waals surface area contributed by atoms with Crippen LogP contribution >= 0.6 is 0 Å². The van der Waals surface area contributed by atoms with Gasteiger partial charge in [-0.3, -0.25) is 0 Å². The van der Waals surface area contributed by atoms with E-state index in [2.05, 4.69) is 10.0 Å². The van der Waals surface area contributed by atoms with Crippen LogP contribution in [-0.4, -0.2) is 20.6 Å². The minimum absolute atomic E-state index is 0.0112. The second kappa shape index (κ2) is 6.86. The molecule has 1 aromatic heterocycles. The third kappa shape index (κ3) is 4.15. The third-order valence-electron chi connectivity index (χ3n) is 2.97. The molecule has 0 unspecified atom stereocenters. The van der Waals surface area contributed by atoms with Gasteiger partial charge < -0.3 is 14.8 Å². The molecular weight excluding hydrogens is 292 g/mol. The van der Waals surface area contributed by atoms with Crippen molar-refractivity contribution in [1.29, 1.82) is 0 Å². The quantitative estimate of drug-likeness (QED) is 0.709. The number of hydrogen-bond acceptors (Lipinski definition) is 5. The van der Waals surface area contributed by atoms with Gasteiger partial charge in [0.1, 0.15) is 5.76 Å². The smallest absolute Gasteiger partial charge is 0.273 e. The number of benzene rings is 1. The lowest BCUT2D eigenvalue weighted by molar-refractivity contribution is 0.281. The summed E-state index contributed by atoms with van der Waals surface area (Å²) in [5.74, 6) is 0.544. The standard InChI is InChI=1S/C14H18N2O4S/c1-15-21(18,19)14-6-5-13(20-14)9-16-8-11-3-2-4-12(7-11)10-17/h2-7,15-17H,8-10H2,1H3. The van der Waals surface area contributed by atoms with Gasteiger partial charge in [0.25, 0.3) is 10.0 Å². The Hall–Kier alpha value is -1.67. The van der Waals surface area contributed by atoms with Gasteiger partial charge in [0.15, 0.2) is 0 Å². The van der Waals surface area contributed by atoms with Crippen LogP contribution in [0.15, 0.2) is 45.9 Å². The highest BCUT2D eigenvalue weighted by Gasteiger charge is 2.15. The van der Waals surface area contributed by atoms with Crippen molar-refractivity contribution in [3.05, 3.63) is 53.3 Å². The fourth-order valence-corrected chi connectivity index (χ4v) is 2.53. The normalized spacial score (nSPS) is 11.7. The minimum atomic E-state index is -3.54. The van der Waals surface area contributed by atoms with Crippen LogP contribution in [0.1, 0.15) is 16.9 Å². The molecule has 0 saturated heterocycles. The van der Waals surface area contributed by atoms with E-state index in [0.29, 0.717) is 18.8 Å². The van der Waals surface area contributed by atoms with Gasteiger partial charge in [0.05, 0.1) is 13.2 Å². The molecule has 2 aromatic rings. The van der Waals surface area contributed by atoms with Crippen LogP contribution in [0, 0.1) is 0 Å². The zero-order chi connectivity index (χ0) is 15.3. The molecule has 7 heteroatoms. The Morgan fingerprint density at radius 3 is 2.62 bits per heavy atom. The molecule has 6 nitrogen and oxygen atoms in total. The summed E-state index contributed by atoms with van der Waals surface area (Å²) in [6, 6.07) is 10.6.